The zero-order chi connectivity index (χ0) is 20.1. The third kappa shape index (κ3) is 4.10. The van der Waals surface area contributed by atoms with E-state index in [0.717, 1.165) is 11.3 Å². The van der Waals surface area contributed by atoms with Gasteiger partial charge in [0.25, 0.3) is 5.91 Å². The Hall–Kier alpha value is -3.05. The number of hydrogen-bond donors (Lipinski definition) is 0. The van der Waals surface area contributed by atoms with E-state index < -0.39 is 0 Å². The van der Waals surface area contributed by atoms with E-state index in [-0.39, 0.29) is 5.91 Å². The molecule has 0 atom stereocenters. The molecule has 0 unspecified atom stereocenters. The van der Waals surface area contributed by atoms with Gasteiger partial charge in [-0.15, -0.1) is 0 Å². The molecule has 0 radical (unpaired) electrons. The summed E-state index contributed by atoms with van der Waals surface area (Å²) in [5, 5.41) is 6.19. The molecule has 1 heterocycles. The van der Waals surface area contributed by atoms with Crippen molar-refractivity contribution >= 4 is 35.0 Å². The van der Waals surface area contributed by atoms with Crippen LogP contribution in [0.2, 0.25) is 5.02 Å². The SMILES string of the molecule is C=CCOc1c(Cl)cc(/C=C2/C(=O)N(c3ccccc3)N=C2C)cc1OCC. The fourth-order valence-corrected chi connectivity index (χ4v) is 3.09. The zero-order valence-corrected chi connectivity index (χ0v) is 16.6. The van der Waals surface area contributed by atoms with E-state index in [4.69, 9.17) is 21.1 Å². The second-order valence-corrected chi connectivity index (χ2v) is 6.47. The van der Waals surface area contributed by atoms with Crippen molar-refractivity contribution < 1.29 is 14.3 Å². The van der Waals surface area contributed by atoms with Gasteiger partial charge in [0.2, 0.25) is 0 Å². The van der Waals surface area contributed by atoms with Gasteiger partial charge in [-0.1, -0.05) is 42.5 Å². The molecule has 0 N–H and O–H groups in total. The average molecular weight is 397 g/mol. The normalized spacial score (nSPS) is 15.0. The first-order valence-corrected chi connectivity index (χ1v) is 9.29. The fourth-order valence-electron chi connectivity index (χ4n) is 2.81. The lowest BCUT2D eigenvalue weighted by Gasteiger charge is -2.14. The molecule has 0 aromatic heterocycles. The summed E-state index contributed by atoms with van der Waals surface area (Å²) in [6.45, 7) is 8.10. The van der Waals surface area contributed by atoms with E-state index in [2.05, 4.69) is 11.7 Å². The third-order valence-electron chi connectivity index (χ3n) is 4.05. The number of nitrogens with zero attached hydrogens (tertiary/aromatic N) is 2. The number of anilines is 1. The first-order chi connectivity index (χ1) is 13.5. The molecule has 3 rings (SSSR count). The molecule has 0 bridgehead atoms. The van der Waals surface area contributed by atoms with Gasteiger partial charge in [-0.2, -0.15) is 10.1 Å². The summed E-state index contributed by atoms with van der Waals surface area (Å²) in [4.78, 5) is 12.9. The van der Waals surface area contributed by atoms with Crippen molar-refractivity contribution in [3.05, 3.63) is 71.3 Å². The van der Waals surface area contributed by atoms with Crippen LogP contribution in [-0.2, 0) is 4.79 Å². The molecule has 5 nitrogen and oxygen atoms in total. The molecule has 1 amide bonds. The highest BCUT2D eigenvalue weighted by Gasteiger charge is 2.28. The van der Waals surface area contributed by atoms with Crippen molar-refractivity contribution in [1.82, 2.24) is 0 Å². The van der Waals surface area contributed by atoms with Gasteiger partial charge in [0, 0.05) is 0 Å². The van der Waals surface area contributed by atoms with E-state index in [1.165, 1.54) is 5.01 Å². The van der Waals surface area contributed by atoms with Crippen LogP contribution < -0.4 is 14.5 Å². The molecule has 144 valence electrons. The molecule has 2 aromatic carbocycles. The molecular weight excluding hydrogens is 376 g/mol. The summed E-state index contributed by atoms with van der Waals surface area (Å²) < 4.78 is 11.3. The van der Waals surface area contributed by atoms with Gasteiger partial charge in [-0.25, -0.2) is 0 Å². The fraction of sp³-hybridized carbons (Fsp3) is 0.182. The van der Waals surface area contributed by atoms with Crippen LogP contribution in [0.3, 0.4) is 0 Å². The Morgan fingerprint density at radius 1 is 1.21 bits per heavy atom. The zero-order valence-electron chi connectivity index (χ0n) is 15.8. The maximum Gasteiger partial charge on any atom is 0.280 e. The number of carbonyl (C=O) groups is 1. The summed E-state index contributed by atoms with van der Waals surface area (Å²) in [5.74, 6) is 0.785. The summed E-state index contributed by atoms with van der Waals surface area (Å²) in [6, 6.07) is 12.8. The quantitative estimate of drug-likeness (QED) is 0.482. The average Bonchev–Trinajstić information content (AvgIpc) is 2.96. The first kappa shape index (κ1) is 19.7. The number of benzene rings is 2. The van der Waals surface area contributed by atoms with Gasteiger partial charge >= 0.3 is 0 Å². The maximum atomic E-state index is 12.9. The molecule has 28 heavy (non-hydrogen) atoms. The highest BCUT2D eigenvalue weighted by molar-refractivity contribution is 6.33. The van der Waals surface area contributed by atoms with Gasteiger partial charge in [-0.05, 0) is 49.8 Å². The predicted molar refractivity (Wildman–Crippen MR) is 113 cm³/mol. The Morgan fingerprint density at radius 2 is 1.96 bits per heavy atom. The monoisotopic (exact) mass is 396 g/mol. The topological polar surface area (TPSA) is 51.1 Å². The minimum atomic E-state index is -0.190. The largest absolute Gasteiger partial charge is 0.490 e. The highest BCUT2D eigenvalue weighted by atomic mass is 35.5. The number of amides is 1. The standard InChI is InChI=1S/C22H21ClN2O3/c1-4-11-28-21-19(23)13-16(14-20(21)27-5-2)12-18-15(3)24-25(22(18)26)17-9-7-6-8-10-17/h4,6-10,12-14H,1,5,11H2,2-3H3/b18-12+. The maximum absolute atomic E-state index is 12.9. The van der Waals surface area contributed by atoms with E-state index in [1.807, 2.05) is 37.3 Å². The summed E-state index contributed by atoms with van der Waals surface area (Å²) in [5.41, 5.74) is 2.58. The van der Waals surface area contributed by atoms with E-state index in [0.29, 0.717) is 41.0 Å². The van der Waals surface area contributed by atoms with Crippen LogP contribution in [0.15, 0.2) is 65.8 Å². The molecular formula is C22H21ClN2O3. The molecule has 1 aliphatic heterocycles. The Bertz CT molecular complexity index is 952. The number of para-hydroxylation sites is 1. The Balaban J connectivity index is 1.96. The summed E-state index contributed by atoms with van der Waals surface area (Å²) in [7, 11) is 0. The third-order valence-corrected chi connectivity index (χ3v) is 4.33. The lowest BCUT2D eigenvalue weighted by molar-refractivity contribution is -0.114. The molecule has 1 aliphatic rings. The van der Waals surface area contributed by atoms with Gasteiger partial charge in [0.15, 0.2) is 11.5 Å². The second kappa shape index (κ2) is 8.76. The van der Waals surface area contributed by atoms with E-state index >= 15 is 0 Å². The highest BCUT2D eigenvalue weighted by Crippen LogP contribution is 2.37. The number of hydrazone groups is 1. The molecule has 0 spiro atoms. The van der Waals surface area contributed by atoms with E-state index in [1.54, 1.807) is 31.2 Å². The number of carbonyl (C=O) groups excluding carboxylic acids is 1. The van der Waals surface area contributed by atoms with Crippen molar-refractivity contribution in [1.29, 1.82) is 0 Å². The van der Waals surface area contributed by atoms with Gasteiger partial charge < -0.3 is 9.47 Å². The van der Waals surface area contributed by atoms with Crippen molar-refractivity contribution in [2.24, 2.45) is 5.10 Å². The van der Waals surface area contributed by atoms with Crippen LogP contribution in [0.25, 0.3) is 6.08 Å². The van der Waals surface area contributed by atoms with Gasteiger partial charge in [0.1, 0.15) is 6.61 Å². The number of hydrogen-bond acceptors (Lipinski definition) is 4. The smallest absolute Gasteiger partial charge is 0.280 e. The molecule has 0 fully saturated rings. The van der Waals surface area contributed by atoms with Crippen molar-refractivity contribution in [3.63, 3.8) is 0 Å². The first-order valence-electron chi connectivity index (χ1n) is 8.92. The van der Waals surface area contributed by atoms with Crippen LogP contribution in [-0.4, -0.2) is 24.8 Å². The van der Waals surface area contributed by atoms with Crippen molar-refractivity contribution in [3.8, 4) is 11.5 Å². The van der Waals surface area contributed by atoms with Crippen LogP contribution in [0.4, 0.5) is 5.69 Å². The molecule has 0 saturated carbocycles. The lowest BCUT2D eigenvalue weighted by atomic mass is 10.1. The Morgan fingerprint density at radius 3 is 2.64 bits per heavy atom. The molecule has 6 heteroatoms. The predicted octanol–water partition coefficient (Wildman–Crippen LogP) is 5.11. The summed E-state index contributed by atoms with van der Waals surface area (Å²) >= 11 is 6.39. The van der Waals surface area contributed by atoms with Gasteiger partial charge in [0.05, 0.1) is 28.6 Å². The lowest BCUT2D eigenvalue weighted by Crippen LogP contribution is -2.21. The number of halogens is 1. The van der Waals surface area contributed by atoms with Crippen LogP contribution >= 0.6 is 11.6 Å². The number of ether oxygens (including phenoxy) is 2. The number of rotatable bonds is 7. The minimum Gasteiger partial charge on any atom is -0.490 e. The Kier molecular flexibility index (Phi) is 6.16. The minimum absolute atomic E-state index is 0.190. The summed E-state index contributed by atoms with van der Waals surface area (Å²) in [6.07, 6.45) is 3.40. The molecule has 2 aromatic rings. The van der Waals surface area contributed by atoms with Crippen LogP contribution in [0, 0.1) is 0 Å². The Labute approximate surface area is 169 Å². The van der Waals surface area contributed by atoms with Crippen LogP contribution in [0.1, 0.15) is 19.4 Å². The molecule has 0 saturated heterocycles. The van der Waals surface area contributed by atoms with Crippen LogP contribution in [0.5, 0.6) is 11.5 Å². The van der Waals surface area contributed by atoms with Crippen molar-refractivity contribution in [2.75, 3.05) is 18.2 Å². The van der Waals surface area contributed by atoms with Crippen molar-refractivity contribution in [2.45, 2.75) is 13.8 Å². The van der Waals surface area contributed by atoms with Gasteiger partial charge in [-0.3, -0.25) is 4.79 Å². The molecule has 0 aliphatic carbocycles. The second-order valence-electron chi connectivity index (χ2n) is 6.06. The van der Waals surface area contributed by atoms with E-state index in [9.17, 15) is 4.79 Å².